The molecule has 0 spiro atoms. The largest absolute Gasteiger partial charge is 0.481 e. The Morgan fingerprint density at radius 3 is 2.78 bits per heavy atom. The van der Waals surface area contributed by atoms with Crippen LogP contribution in [0.4, 0.5) is 0 Å². The van der Waals surface area contributed by atoms with E-state index < -0.39 is 11.9 Å². The van der Waals surface area contributed by atoms with E-state index in [1.54, 1.807) is 29.7 Å². The molecule has 6 heteroatoms. The number of carbonyl (C=O) groups is 2. The molecule has 98 valence electrons. The Bertz CT molecular complexity index is 481. The van der Waals surface area contributed by atoms with Crippen molar-refractivity contribution in [3.05, 3.63) is 17.5 Å². The first-order valence-corrected chi connectivity index (χ1v) is 6.01. The number of aromatic nitrogens is 2. The van der Waals surface area contributed by atoms with Gasteiger partial charge in [-0.1, -0.05) is 0 Å². The van der Waals surface area contributed by atoms with Crippen molar-refractivity contribution >= 4 is 11.9 Å². The number of hydrogen-bond donors (Lipinski definition) is 1. The lowest BCUT2D eigenvalue weighted by Gasteiger charge is -2.30. The van der Waals surface area contributed by atoms with Crippen LogP contribution in [-0.4, -0.2) is 44.8 Å². The summed E-state index contributed by atoms with van der Waals surface area (Å²) in [5.41, 5.74) is 1.24. The summed E-state index contributed by atoms with van der Waals surface area (Å²) < 4.78 is 1.60. The number of hydrogen-bond acceptors (Lipinski definition) is 3. The van der Waals surface area contributed by atoms with E-state index in [-0.39, 0.29) is 5.91 Å². The third-order valence-electron chi connectivity index (χ3n) is 3.30. The fourth-order valence-electron chi connectivity index (χ4n) is 2.34. The predicted molar refractivity (Wildman–Crippen MR) is 64.2 cm³/mol. The summed E-state index contributed by atoms with van der Waals surface area (Å²) >= 11 is 0. The number of piperidine rings is 1. The number of aryl methyl sites for hydroxylation is 2. The van der Waals surface area contributed by atoms with Crippen LogP contribution in [0.15, 0.2) is 6.20 Å². The van der Waals surface area contributed by atoms with Crippen molar-refractivity contribution in [3.8, 4) is 0 Å². The summed E-state index contributed by atoms with van der Waals surface area (Å²) in [6.45, 7) is 2.70. The summed E-state index contributed by atoms with van der Waals surface area (Å²) in [6, 6.07) is 0. The van der Waals surface area contributed by atoms with Crippen LogP contribution in [0.2, 0.25) is 0 Å². The monoisotopic (exact) mass is 251 g/mol. The quantitative estimate of drug-likeness (QED) is 0.838. The Hall–Kier alpha value is -1.85. The minimum atomic E-state index is -0.824. The van der Waals surface area contributed by atoms with Crippen molar-refractivity contribution in [2.24, 2.45) is 13.0 Å². The fourth-order valence-corrected chi connectivity index (χ4v) is 2.34. The van der Waals surface area contributed by atoms with Crippen molar-refractivity contribution in [1.82, 2.24) is 14.7 Å². The number of amides is 1. The van der Waals surface area contributed by atoms with Crippen LogP contribution in [0.3, 0.4) is 0 Å². The summed E-state index contributed by atoms with van der Waals surface area (Å²) in [6.07, 6.45) is 3.06. The van der Waals surface area contributed by atoms with Crippen LogP contribution in [-0.2, 0) is 11.8 Å². The number of nitrogens with zero attached hydrogens (tertiary/aromatic N) is 3. The van der Waals surface area contributed by atoms with E-state index in [4.69, 9.17) is 5.11 Å². The van der Waals surface area contributed by atoms with Gasteiger partial charge >= 0.3 is 5.97 Å². The summed E-state index contributed by atoms with van der Waals surface area (Å²) in [5, 5.41) is 13.1. The molecule has 0 bridgehead atoms. The van der Waals surface area contributed by atoms with Crippen LogP contribution in [0.25, 0.3) is 0 Å². The van der Waals surface area contributed by atoms with Gasteiger partial charge in [-0.05, 0) is 19.8 Å². The molecule has 1 aromatic rings. The number of likely N-dealkylation sites (tertiary alicyclic amines) is 1. The highest BCUT2D eigenvalue weighted by Gasteiger charge is 2.29. The van der Waals surface area contributed by atoms with Crippen LogP contribution >= 0.6 is 0 Å². The molecule has 1 saturated heterocycles. The molecule has 1 aliphatic heterocycles. The average Bonchev–Trinajstić information content (AvgIpc) is 2.67. The maximum Gasteiger partial charge on any atom is 0.308 e. The number of carbonyl (C=O) groups excluding carboxylic acids is 1. The molecule has 18 heavy (non-hydrogen) atoms. The first-order chi connectivity index (χ1) is 8.49. The highest BCUT2D eigenvalue weighted by Crippen LogP contribution is 2.19. The highest BCUT2D eigenvalue weighted by atomic mass is 16.4. The first-order valence-electron chi connectivity index (χ1n) is 6.01. The second kappa shape index (κ2) is 4.80. The molecule has 1 atom stereocenters. The predicted octanol–water partition coefficient (Wildman–Crippen LogP) is 0.665. The van der Waals surface area contributed by atoms with E-state index in [0.717, 1.165) is 6.42 Å². The molecule has 1 amide bonds. The smallest absolute Gasteiger partial charge is 0.308 e. The normalized spacial score (nSPS) is 19.9. The molecule has 1 unspecified atom stereocenters. The molecule has 2 rings (SSSR count). The van der Waals surface area contributed by atoms with Crippen LogP contribution < -0.4 is 0 Å². The Kier molecular flexibility index (Phi) is 3.36. The van der Waals surface area contributed by atoms with Crippen molar-refractivity contribution in [3.63, 3.8) is 0 Å². The summed E-state index contributed by atoms with van der Waals surface area (Å²) in [7, 11) is 1.76. The van der Waals surface area contributed by atoms with Crippen molar-refractivity contribution < 1.29 is 14.7 Å². The summed E-state index contributed by atoms with van der Waals surface area (Å²) in [5.74, 6) is -1.39. The Labute approximate surface area is 105 Å². The zero-order chi connectivity index (χ0) is 13.3. The molecule has 1 fully saturated rings. The topological polar surface area (TPSA) is 75.4 Å². The van der Waals surface area contributed by atoms with E-state index in [0.29, 0.717) is 30.8 Å². The van der Waals surface area contributed by atoms with Gasteiger partial charge in [0.25, 0.3) is 5.91 Å². The van der Waals surface area contributed by atoms with Gasteiger partial charge in [-0.3, -0.25) is 14.3 Å². The van der Waals surface area contributed by atoms with E-state index in [9.17, 15) is 9.59 Å². The Morgan fingerprint density at radius 1 is 1.50 bits per heavy atom. The Balaban J connectivity index is 2.14. The third kappa shape index (κ3) is 2.37. The van der Waals surface area contributed by atoms with Gasteiger partial charge in [0.05, 0.1) is 17.2 Å². The molecule has 1 aliphatic rings. The zero-order valence-electron chi connectivity index (χ0n) is 10.6. The molecule has 1 aromatic heterocycles. The van der Waals surface area contributed by atoms with Gasteiger partial charge in [0.1, 0.15) is 0 Å². The molecular weight excluding hydrogens is 234 g/mol. The number of carboxylic acids is 1. The minimum Gasteiger partial charge on any atom is -0.481 e. The lowest BCUT2D eigenvalue weighted by molar-refractivity contribution is -0.143. The van der Waals surface area contributed by atoms with Crippen molar-refractivity contribution in [2.45, 2.75) is 19.8 Å². The van der Waals surface area contributed by atoms with Crippen molar-refractivity contribution in [2.75, 3.05) is 13.1 Å². The maximum atomic E-state index is 12.3. The number of carboxylic acid groups (broad SMARTS) is 1. The Morgan fingerprint density at radius 2 is 2.22 bits per heavy atom. The van der Waals surface area contributed by atoms with Gasteiger partial charge in [-0.25, -0.2) is 0 Å². The zero-order valence-corrected chi connectivity index (χ0v) is 10.6. The molecule has 0 aliphatic carbocycles. The standard InChI is InChI=1S/C12H17N3O3/c1-8-10(7-14(2)13-8)11(16)15-5-3-4-9(6-15)12(17)18/h7,9H,3-6H2,1-2H3,(H,17,18). The van der Waals surface area contributed by atoms with Crippen molar-refractivity contribution in [1.29, 1.82) is 0 Å². The second-order valence-electron chi connectivity index (χ2n) is 4.73. The molecule has 0 saturated carbocycles. The van der Waals surface area contributed by atoms with Gasteiger partial charge in [0, 0.05) is 26.3 Å². The van der Waals surface area contributed by atoms with E-state index in [2.05, 4.69) is 5.10 Å². The third-order valence-corrected chi connectivity index (χ3v) is 3.30. The van der Waals surface area contributed by atoms with Crippen LogP contribution in [0.1, 0.15) is 28.9 Å². The van der Waals surface area contributed by atoms with E-state index in [1.807, 2.05) is 0 Å². The summed E-state index contributed by atoms with van der Waals surface area (Å²) in [4.78, 5) is 24.9. The van der Waals surface area contributed by atoms with Gasteiger partial charge in [0.15, 0.2) is 0 Å². The van der Waals surface area contributed by atoms with Gasteiger partial charge in [0.2, 0.25) is 0 Å². The second-order valence-corrected chi connectivity index (χ2v) is 4.73. The fraction of sp³-hybridized carbons (Fsp3) is 0.583. The molecular formula is C12H17N3O3. The highest BCUT2D eigenvalue weighted by molar-refractivity contribution is 5.95. The molecule has 2 heterocycles. The van der Waals surface area contributed by atoms with Gasteiger partial charge in [-0.15, -0.1) is 0 Å². The average molecular weight is 251 g/mol. The maximum absolute atomic E-state index is 12.3. The molecule has 0 radical (unpaired) electrons. The minimum absolute atomic E-state index is 0.119. The van der Waals surface area contributed by atoms with Gasteiger partial charge < -0.3 is 10.0 Å². The SMILES string of the molecule is Cc1nn(C)cc1C(=O)N1CCCC(C(=O)O)C1. The van der Waals surface area contributed by atoms with Gasteiger partial charge in [-0.2, -0.15) is 5.10 Å². The van der Waals surface area contributed by atoms with Crippen LogP contribution in [0, 0.1) is 12.8 Å². The van der Waals surface area contributed by atoms with E-state index in [1.165, 1.54) is 0 Å². The molecule has 6 nitrogen and oxygen atoms in total. The van der Waals surface area contributed by atoms with E-state index >= 15 is 0 Å². The van der Waals surface area contributed by atoms with Crippen LogP contribution in [0.5, 0.6) is 0 Å². The number of aliphatic carboxylic acids is 1. The first kappa shape index (κ1) is 12.6. The number of rotatable bonds is 2. The lowest BCUT2D eigenvalue weighted by atomic mass is 9.98. The molecule has 0 aromatic carbocycles. The lowest BCUT2D eigenvalue weighted by Crippen LogP contribution is -2.42. The molecule has 1 N–H and O–H groups in total.